The fraction of sp³-hybridized carbons (Fsp3) is 0.455. The van der Waals surface area contributed by atoms with Crippen molar-refractivity contribution in [3.05, 3.63) is 33.9 Å². The van der Waals surface area contributed by atoms with E-state index in [2.05, 4.69) is 10.6 Å². The molecule has 1 aromatic rings. The van der Waals surface area contributed by atoms with Gasteiger partial charge in [-0.1, -0.05) is 0 Å². The minimum Gasteiger partial charge on any atom is -0.379 e. The van der Waals surface area contributed by atoms with Crippen LogP contribution in [0.1, 0.15) is 6.42 Å². The average molecular weight is 257 g/mol. The van der Waals surface area contributed by atoms with E-state index in [-0.39, 0.29) is 5.69 Å². The molecule has 1 unspecified atom stereocenters. The van der Waals surface area contributed by atoms with Crippen molar-refractivity contribution in [2.75, 3.05) is 25.0 Å². The molecule has 2 rings (SSSR count). The number of rotatable bonds is 4. The minimum atomic E-state index is -1.21. The zero-order valence-corrected chi connectivity index (χ0v) is 9.58. The minimum absolute atomic E-state index is 0.0193. The standard InChI is InChI=1S/C11H13F2N3O2/c12-8-3-10(11(16(17)18)4-9(8)13)15-6-7-1-2-14-5-7/h3-4,7,14-15H,1-2,5-6H2. The summed E-state index contributed by atoms with van der Waals surface area (Å²) in [6.07, 6.45) is 0.963. The predicted octanol–water partition coefficient (Wildman–Crippen LogP) is 1.89. The highest BCUT2D eigenvalue weighted by Gasteiger charge is 2.20. The lowest BCUT2D eigenvalue weighted by molar-refractivity contribution is -0.384. The van der Waals surface area contributed by atoms with Gasteiger partial charge in [0.25, 0.3) is 5.69 Å². The van der Waals surface area contributed by atoms with Crippen molar-refractivity contribution in [1.82, 2.24) is 5.32 Å². The summed E-state index contributed by atoms with van der Waals surface area (Å²) in [6.45, 7) is 2.23. The van der Waals surface area contributed by atoms with Crippen LogP contribution in [-0.4, -0.2) is 24.6 Å². The van der Waals surface area contributed by atoms with Gasteiger partial charge in [0.2, 0.25) is 0 Å². The molecule has 0 spiro atoms. The fourth-order valence-corrected chi connectivity index (χ4v) is 1.97. The van der Waals surface area contributed by atoms with Gasteiger partial charge in [-0.15, -0.1) is 0 Å². The lowest BCUT2D eigenvalue weighted by Gasteiger charge is -2.11. The van der Waals surface area contributed by atoms with Gasteiger partial charge in [-0.25, -0.2) is 8.78 Å². The molecule has 1 saturated heterocycles. The summed E-state index contributed by atoms with van der Waals surface area (Å²) < 4.78 is 26.0. The molecule has 1 heterocycles. The first-order valence-corrected chi connectivity index (χ1v) is 5.66. The van der Waals surface area contributed by atoms with E-state index in [9.17, 15) is 18.9 Å². The number of nitro benzene ring substituents is 1. The second-order valence-corrected chi connectivity index (χ2v) is 4.28. The summed E-state index contributed by atoms with van der Waals surface area (Å²) in [7, 11) is 0. The van der Waals surface area contributed by atoms with Crippen LogP contribution >= 0.6 is 0 Å². The van der Waals surface area contributed by atoms with Gasteiger partial charge in [0.1, 0.15) is 5.69 Å². The van der Waals surface area contributed by atoms with Gasteiger partial charge >= 0.3 is 0 Å². The van der Waals surface area contributed by atoms with Crippen LogP contribution in [0.15, 0.2) is 12.1 Å². The largest absolute Gasteiger partial charge is 0.379 e. The summed E-state index contributed by atoms with van der Waals surface area (Å²) in [5.74, 6) is -1.96. The molecular weight excluding hydrogens is 244 g/mol. The lowest BCUT2D eigenvalue weighted by Crippen LogP contribution is -2.17. The maximum Gasteiger partial charge on any atom is 0.295 e. The third-order valence-corrected chi connectivity index (χ3v) is 2.98. The van der Waals surface area contributed by atoms with Crippen LogP contribution in [0.3, 0.4) is 0 Å². The molecule has 1 aliphatic heterocycles. The smallest absolute Gasteiger partial charge is 0.295 e. The van der Waals surface area contributed by atoms with E-state index in [0.29, 0.717) is 18.5 Å². The molecule has 5 nitrogen and oxygen atoms in total. The Morgan fingerprint density at radius 1 is 1.44 bits per heavy atom. The van der Waals surface area contributed by atoms with Crippen molar-refractivity contribution in [2.45, 2.75) is 6.42 Å². The Hall–Kier alpha value is -1.76. The molecule has 1 atom stereocenters. The van der Waals surface area contributed by atoms with Crippen molar-refractivity contribution in [3.63, 3.8) is 0 Å². The monoisotopic (exact) mass is 257 g/mol. The van der Waals surface area contributed by atoms with Crippen LogP contribution in [0.4, 0.5) is 20.2 Å². The first-order chi connectivity index (χ1) is 8.58. The third-order valence-electron chi connectivity index (χ3n) is 2.98. The summed E-state index contributed by atoms with van der Waals surface area (Å²) in [5.41, 5.74) is -0.425. The highest BCUT2D eigenvalue weighted by atomic mass is 19.2. The molecular formula is C11H13F2N3O2. The van der Waals surface area contributed by atoms with Crippen molar-refractivity contribution < 1.29 is 13.7 Å². The summed E-state index contributed by atoms with van der Waals surface area (Å²) >= 11 is 0. The van der Waals surface area contributed by atoms with Crippen molar-refractivity contribution in [2.24, 2.45) is 5.92 Å². The molecule has 1 aliphatic rings. The first kappa shape index (κ1) is 12.7. The summed E-state index contributed by atoms with van der Waals surface area (Å²) in [6, 6.07) is 1.43. The molecule has 18 heavy (non-hydrogen) atoms. The normalized spacial score (nSPS) is 18.9. The van der Waals surface area contributed by atoms with Crippen molar-refractivity contribution in [1.29, 1.82) is 0 Å². The van der Waals surface area contributed by atoms with Crippen LogP contribution in [0.2, 0.25) is 0 Å². The number of hydrogen-bond acceptors (Lipinski definition) is 4. The number of nitrogens with one attached hydrogen (secondary N) is 2. The number of halogens is 2. The second-order valence-electron chi connectivity index (χ2n) is 4.28. The average Bonchev–Trinajstić information content (AvgIpc) is 2.83. The molecule has 0 bridgehead atoms. The topological polar surface area (TPSA) is 67.2 Å². The number of hydrogen-bond donors (Lipinski definition) is 2. The van der Waals surface area contributed by atoms with Crippen LogP contribution in [0.5, 0.6) is 0 Å². The van der Waals surface area contributed by atoms with Crippen LogP contribution in [0, 0.1) is 27.7 Å². The predicted molar refractivity (Wildman–Crippen MR) is 62.5 cm³/mol. The number of benzene rings is 1. The molecule has 7 heteroatoms. The molecule has 98 valence electrons. The lowest BCUT2D eigenvalue weighted by atomic mass is 10.1. The van der Waals surface area contributed by atoms with Gasteiger partial charge in [0.15, 0.2) is 11.6 Å². The Morgan fingerprint density at radius 3 is 2.78 bits per heavy atom. The SMILES string of the molecule is O=[N+]([O-])c1cc(F)c(F)cc1NCC1CCNC1. The Balaban J connectivity index is 2.14. The van der Waals surface area contributed by atoms with E-state index in [1.54, 1.807) is 0 Å². The maximum absolute atomic E-state index is 13.1. The fourth-order valence-electron chi connectivity index (χ4n) is 1.97. The highest BCUT2D eigenvalue weighted by molar-refractivity contribution is 5.61. The Morgan fingerprint density at radius 2 is 2.17 bits per heavy atom. The van der Waals surface area contributed by atoms with E-state index in [1.165, 1.54) is 0 Å². The number of nitro groups is 1. The Labute approximate surface area is 102 Å². The van der Waals surface area contributed by atoms with Gasteiger partial charge in [-0.2, -0.15) is 0 Å². The molecule has 2 N–H and O–H groups in total. The summed E-state index contributed by atoms with van der Waals surface area (Å²) in [5, 5.41) is 16.7. The van der Waals surface area contributed by atoms with Gasteiger partial charge in [0.05, 0.1) is 11.0 Å². The molecule has 0 amide bonds. The van der Waals surface area contributed by atoms with E-state index in [0.717, 1.165) is 25.6 Å². The van der Waals surface area contributed by atoms with Crippen LogP contribution < -0.4 is 10.6 Å². The first-order valence-electron chi connectivity index (χ1n) is 5.66. The molecule has 1 fully saturated rings. The highest BCUT2D eigenvalue weighted by Crippen LogP contribution is 2.27. The van der Waals surface area contributed by atoms with Gasteiger partial charge in [0, 0.05) is 12.6 Å². The van der Waals surface area contributed by atoms with Gasteiger partial charge in [-0.05, 0) is 25.4 Å². The van der Waals surface area contributed by atoms with E-state index in [4.69, 9.17) is 0 Å². The number of nitrogens with zero attached hydrogens (tertiary/aromatic N) is 1. The molecule has 1 aromatic carbocycles. The van der Waals surface area contributed by atoms with Gasteiger partial charge in [-0.3, -0.25) is 10.1 Å². The molecule has 0 saturated carbocycles. The van der Waals surface area contributed by atoms with E-state index in [1.807, 2.05) is 0 Å². The van der Waals surface area contributed by atoms with Crippen molar-refractivity contribution in [3.8, 4) is 0 Å². The Bertz CT molecular complexity index is 462. The maximum atomic E-state index is 13.1. The van der Waals surface area contributed by atoms with Crippen LogP contribution in [0.25, 0.3) is 0 Å². The van der Waals surface area contributed by atoms with Crippen LogP contribution in [-0.2, 0) is 0 Å². The van der Waals surface area contributed by atoms with E-state index < -0.39 is 22.2 Å². The molecule has 0 aromatic heterocycles. The Kier molecular flexibility index (Phi) is 3.71. The molecule has 0 aliphatic carbocycles. The summed E-state index contributed by atoms with van der Waals surface area (Å²) in [4.78, 5) is 10.0. The van der Waals surface area contributed by atoms with Gasteiger partial charge < -0.3 is 10.6 Å². The zero-order chi connectivity index (χ0) is 13.1. The number of anilines is 1. The third kappa shape index (κ3) is 2.73. The second kappa shape index (κ2) is 5.26. The zero-order valence-electron chi connectivity index (χ0n) is 9.58. The van der Waals surface area contributed by atoms with E-state index >= 15 is 0 Å². The quantitative estimate of drug-likeness (QED) is 0.638. The molecule has 0 radical (unpaired) electrons. The van der Waals surface area contributed by atoms with Crippen molar-refractivity contribution >= 4 is 11.4 Å².